The van der Waals surface area contributed by atoms with Crippen LogP contribution >= 0.6 is 0 Å². The Labute approximate surface area is 142 Å². The summed E-state index contributed by atoms with van der Waals surface area (Å²) in [6.45, 7) is 6.90. The zero-order chi connectivity index (χ0) is 17.1. The summed E-state index contributed by atoms with van der Waals surface area (Å²) < 4.78 is 13.7. The molecule has 0 bridgehead atoms. The Bertz CT molecular complexity index is 744. The van der Waals surface area contributed by atoms with Crippen LogP contribution in [0.3, 0.4) is 0 Å². The molecule has 2 aromatic carbocycles. The van der Waals surface area contributed by atoms with Crippen molar-refractivity contribution in [3.05, 3.63) is 65.0 Å². The topological polar surface area (TPSA) is 23.6 Å². The number of benzene rings is 2. The number of halogens is 1. The molecular formula is C20H23FN2O. The first kappa shape index (κ1) is 16.5. The standard InChI is InChI=1S/C20H23FN2O/c1-15-8-9-17(14-18(15)21)20(24)23-11-5-10-22(12-13-23)19-7-4-3-6-16(19)2/h3-4,6-9,14H,5,10-13H2,1-2H3. The smallest absolute Gasteiger partial charge is 0.254 e. The fraction of sp³-hybridized carbons (Fsp3) is 0.350. The molecule has 0 saturated carbocycles. The Balaban J connectivity index is 1.72. The molecule has 0 aliphatic carbocycles. The van der Waals surface area contributed by atoms with Crippen molar-refractivity contribution in [2.45, 2.75) is 20.3 Å². The summed E-state index contributed by atoms with van der Waals surface area (Å²) in [6.07, 6.45) is 0.911. The number of nitrogens with zero attached hydrogens (tertiary/aromatic N) is 2. The molecule has 0 unspecified atom stereocenters. The summed E-state index contributed by atoms with van der Waals surface area (Å²) in [5, 5.41) is 0. The monoisotopic (exact) mass is 326 g/mol. The number of aryl methyl sites for hydroxylation is 2. The van der Waals surface area contributed by atoms with Crippen LogP contribution in [0.2, 0.25) is 0 Å². The lowest BCUT2D eigenvalue weighted by Crippen LogP contribution is -2.35. The Kier molecular flexibility index (Phi) is 4.84. The number of anilines is 1. The maximum Gasteiger partial charge on any atom is 0.254 e. The quantitative estimate of drug-likeness (QED) is 0.838. The average molecular weight is 326 g/mol. The van der Waals surface area contributed by atoms with Crippen LogP contribution in [0, 0.1) is 19.7 Å². The minimum atomic E-state index is -0.322. The molecule has 1 amide bonds. The Hall–Kier alpha value is -2.36. The Morgan fingerprint density at radius 3 is 2.50 bits per heavy atom. The van der Waals surface area contributed by atoms with Gasteiger partial charge in [0.1, 0.15) is 5.82 Å². The van der Waals surface area contributed by atoms with Gasteiger partial charge in [-0.3, -0.25) is 4.79 Å². The Morgan fingerprint density at radius 2 is 1.75 bits per heavy atom. The van der Waals surface area contributed by atoms with Gasteiger partial charge in [0.2, 0.25) is 0 Å². The van der Waals surface area contributed by atoms with Gasteiger partial charge in [-0.05, 0) is 49.6 Å². The van der Waals surface area contributed by atoms with Crippen molar-refractivity contribution in [3.8, 4) is 0 Å². The van der Waals surface area contributed by atoms with Gasteiger partial charge in [-0.1, -0.05) is 24.3 Å². The second kappa shape index (κ2) is 7.04. The first-order valence-corrected chi connectivity index (χ1v) is 8.42. The van der Waals surface area contributed by atoms with E-state index in [9.17, 15) is 9.18 Å². The number of amides is 1. The summed E-state index contributed by atoms with van der Waals surface area (Å²) in [6, 6.07) is 13.1. The molecule has 1 heterocycles. The van der Waals surface area contributed by atoms with E-state index in [1.807, 2.05) is 17.0 Å². The van der Waals surface area contributed by atoms with E-state index in [1.54, 1.807) is 19.1 Å². The largest absolute Gasteiger partial charge is 0.369 e. The maximum absolute atomic E-state index is 13.7. The zero-order valence-electron chi connectivity index (χ0n) is 14.3. The van der Waals surface area contributed by atoms with E-state index < -0.39 is 0 Å². The number of rotatable bonds is 2. The fourth-order valence-electron chi connectivity index (χ4n) is 3.19. The summed E-state index contributed by atoms with van der Waals surface area (Å²) in [4.78, 5) is 16.8. The third-order valence-corrected chi connectivity index (χ3v) is 4.66. The average Bonchev–Trinajstić information content (AvgIpc) is 2.83. The van der Waals surface area contributed by atoms with Crippen LogP contribution in [-0.4, -0.2) is 37.0 Å². The molecule has 1 aliphatic rings. The molecule has 2 aromatic rings. The van der Waals surface area contributed by atoms with E-state index in [0.29, 0.717) is 24.2 Å². The van der Waals surface area contributed by atoms with Crippen molar-refractivity contribution in [2.24, 2.45) is 0 Å². The van der Waals surface area contributed by atoms with Crippen LogP contribution in [-0.2, 0) is 0 Å². The highest BCUT2D eigenvalue weighted by Crippen LogP contribution is 2.21. The molecule has 0 radical (unpaired) electrons. The van der Waals surface area contributed by atoms with E-state index in [4.69, 9.17) is 0 Å². The lowest BCUT2D eigenvalue weighted by molar-refractivity contribution is 0.0766. The summed E-state index contributed by atoms with van der Waals surface area (Å²) in [5.74, 6) is -0.405. The minimum absolute atomic E-state index is 0.0828. The van der Waals surface area contributed by atoms with Gasteiger partial charge in [-0.25, -0.2) is 4.39 Å². The van der Waals surface area contributed by atoms with Gasteiger partial charge in [0.25, 0.3) is 5.91 Å². The molecular weight excluding hydrogens is 303 g/mol. The van der Waals surface area contributed by atoms with E-state index in [2.05, 4.69) is 24.0 Å². The fourth-order valence-corrected chi connectivity index (χ4v) is 3.19. The first-order valence-electron chi connectivity index (χ1n) is 8.42. The molecule has 1 aliphatic heterocycles. The lowest BCUT2D eigenvalue weighted by Gasteiger charge is -2.25. The number of hydrogen-bond acceptors (Lipinski definition) is 2. The molecule has 1 saturated heterocycles. The molecule has 24 heavy (non-hydrogen) atoms. The summed E-state index contributed by atoms with van der Waals surface area (Å²) in [7, 11) is 0. The van der Waals surface area contributed by atoms with E-state index in [-0.39, 0.29) is 11.7 Å². The normalized spacial score (nSPS) is 15.3. The van der Waals surface area contributed by atoms with Crippen molar-refractivity contribution in [1.29, 1.82) is 0 Å². The molecule has 0 N–H and O–H groups in total. The molecule has 4 heteroatoms. The van der Waals surface area contributed by atoms with Crippen LogP contribution in [0.1, 0.15) is 27.9 Å². The van der Waals surface area contributed by atoms with Crippen molar-refractivity contribution in [1.82, 2.24) is 4.90 Å². The summed E-state index contributed by atoms with van der Waals surface area (Å²) in [5.41, 5.74) is 3.47. The SMILES string of the molecule is Cc1ccc(C(=O)N2CCCN(c3ccccc3C)CC2)cc1F. The predicted octanol–water partition coefficient (Wildman–Crippen LogP) is 3.80. The van der Waals surface area contributed by atoms with Gasteiger partial charge in [0.05, 0.1) is 0 Å². The number of carbonyl (C=O) groups excluding carboxylic acids is 1. The highest BCUT2D eigenvalue weighted by Gasteiger charge is 2.21. The Morgan fingerprint density at radius 1 is 0.958 bits per heavy atom. The second-order valence-corrected chi connectivity index (χ2v) is 6.38. The van der Waals surface area contributed by atoms with Crippen molar-refractivity contribution >= 4 is 11.6 Å². The highest BCUT2D eigenvalue weighted by atomic mass is 19.1. The molecule has 0 aromatic heterocycles. The van der Waals surface area contributed by atoms with Gasteiger partial charge in [0, 0.05) is 37.4 Å². The van der Waals surface area contributed by atoms with Crippen LogP contribution in [0.15, 0.2) is 42.5 Å². The van der Waals surface area contributed by atoms with E-state index in [1.165, 1.54) is 17.3 Å². The van der Waals surface area contributed by atoms with Crippen molar-refractivity contribution in [3.63, 3.8) is 0 Å². The van der Waals surface area contributed by atoms with Gasteiger partial charge in [-0.2, -0.15) is 0 Å². The first-order chi connectivity index (χ1) is 11.6. The van der Waals surface area contributed by atoms with E-state index in [0.717, 1.165) is 19.5 Å². The third kappa shape index (κ3) is 3.42. The van der Waals surface area contributed by atoms with Gasteiger partial charge in [-0.15, -0.1) is 0 Å². The lowest BCUT2D eigenvalue weighted by atomic mass is 10.1. The van der Waals surface area contributed by atoms with Gasteiger partial charge >= 0.3 is 0 Å². The maximum atomic E-state index is 13.7. The van der Waals surface area contributed by atoms with Crippen LogP contribution < -0.4 is 4.90 Å². The molecule has 1 fully saturated rings. The van der Waals surface area contributed by atoms with Crippen LogP contribution in [0.4, 0.5) is 10.1 Å². The number of para-hydroxylation sites is 1. The van der Waals surface area contributed by atoms with Crippen LogP contribution in [0.5, 0.6) is 0 Å². The van der Waals surface area contributed by atoms with Crippen molar-refractivity contribution in [2.75, 3.05) is 31.1 Å². The molecule has 126 valence electrons. The summed E-state index contributed by atoms with van der Waals surface area (Å²) >= 11 is 0. The second-order valence-electron chi connectivity index (χ2n) is 6.38. The van der Waals surface area contributed by atoms with E-state index >= 15 is 0 Å². The van der Waals surface area contributed by atoms with Gasteiger partial charge < -0.3 is 9.80 Å². The number of carbonyl (C=O) groups is 1. The number of hydrogen-bond donors (Lipinski definition) is 0. The molecule has 0 atom stereocenters. The molecule has 3 rings (SSSR count). The van der Waals surface area contributed by atoms with Crippen molar-refractivity contribution < 1.29 is 9.18 Å². The zero-order valence-corrected chi connectivity index (χ0v) is 14.3. The molecule has 0 spiro atoms. The molecule has 3 nitrogen and oxygen atoms in total. The highest BCUT2D eigenvalue weighted by molar-refractivity contribution is 5.94. The third-order valence-electron chi connectivity index (χ3n) is 4.66. The van der Waals surface area contributed by atoms with Crippen LogP contribution in [0.25, 0.3) is 0 Å². The minimum Gasteiger partial charge on any atom is -0.369 e. The predicted molar refractivity (Wildman–Crippen MR) is 95.0 cm³/mol. The van der Waals surface area contributed by atoms with Gasteiger partial charge in [0.15, 0.2) is 0 Å².